The molecule has 1 fully saturated rings. The third-order valence-corrected chi connectivity index (χ3v) is 2.23. The summed E-state index contributed by atoms with van der Waals surface area (Å²) in [5.41, 5.74) is 0.991. The van der Waals surface area contributed by atoms with Crippen molar-refractivity contribution in [2.45, 2.75) is 19.1 Å². The monoisotopic (exact) mass is 208 g/mol. The molecule has 4 heteroatoms. The third-order valence-electron chi connectivity index (χ3n) is 2.23. The molecule has 80 valence electrons. The molecule has 0 spiro atoms. The summed E-state index contributed by atoms with van der Waals surface area (Å²) in [7, 11) is 0. The van der Waals surface area contributed by atoms with Crippen LogP contribution in [0.2, 0.25) is 0 Å². The number of carbonyl (C=O) groups is 1. The first-order valence-corrected chi connectivity index (χ1v) is 4.75. The second-order valence-corrected chi connectivity index (χ2v) is 3.44. The molecule has 1 aliphatic heterocycles. The zero-order valence-electron chi connectivity index (χ0n) is 8.34. The molecular weight excluding hydrogens is 196 g/mol. The highest BCUT2D eigenvalue weighted by atomic mass is 16.6. The van der Waals surface area contributed by atoms with E-state index in [1.54, 1.807) is 12.1 Å². The van der Waals surface area contributed by atoms with Crippen molar-refractivity contribution >= 4 is 5.97 Å². The average molecular weight is 208 g/mol. The molecule has 1 saturated heterocycles. The Hall–Kier alpha value is -1.39. The number of ether oxygens (including phenoxy) is 2. The molecule has 15 heavy (non-hydrogen) atoms. The molecule has 0 unspecified atom stereocenters. The second kappa shape index (κ2) is 4.00. The second-order valence-electron chi connectivity index (χ2n) is 3.44. The Morgan fingerprint density at radius 2 is 2.13 bits per heavy atom. The van der Waals surface area contributed by atoms with Gasteiger partial charge in [0.15, 0.2) is 0 Å². The number of rotatable bonds is 3. The van der Waals surface area contributed by atoms with Crippen LogP contribution in [0.5, 0.6) is 5.75 Å². The quantitative estimate of drug-likeness (QED) is 0.458. The lowest BCUT2D eigenvalue weighted by Gasteiger charge is -2.01. The molecule has 1 N–H and O–H groups in total. The van der Waals surface area contributed by atoms with Crippen molar-refractivity contribution in [2.24, 2.45) is 0 Å². The van der Waals surface area contributed by atoms with Crippen molar-refractivity contribution in [2.75, 3.05) is 6.61 Å². The van der Waals surface area contributed by atoms with Crippen LogP contribution in [0.4, 0.5) is 0 Å². The summed E-state index contributed by atoms with van der Waals surface area (Å²) in [5, 5.41) is 8.82. The van der Waals surface area contributed by atoms with Gasteiger partial charge in [-0.05, 0) is 17.7 Å². The molecule has 0 bridgehead atoms. The number of hydrogen-bond acceptors (Lipinski definition) is 4. The van der Waals surface area contributed by atoms with E-state index in [0.29, 0.717) is 5.75 Å². The molecule has 0 saturated carbocycles. The van der Waals surface area contributed by atoms with Crippen molar-refractivity contribution in [3.63, 3.8) is 0 Å². The molecule has 4 nitrogen and oxygen atoms in total. The molecule has 0 aromatic heterocycles. The lowest BCUT2D eigenvalue weighted by molar-refractivity contribution is -0.131. The highest BCUT2D eigenvalue weighted by Gasteiger charge is 2.39. The molecule has 1 aromatic rings. The maximum absolute atomic E-state index is 10.7. The van der Waals surface area contributed by atoms with Crippen LogP contribution in [0.3, 0.4) is 0 Å². The number of aliphatic hydroxyl groups is 1. The molecular formula is C11H12O4. The van der Waals surface area contributed by atoms with Gasteiger partial charge >= 0.3 is 5.97 Å². The SMILES string of the molecule is CC(=O)Oc1ccc([C@H]2O[C@H]2CO)cc1. The Balaban J connectivity index is 2.02. The Kier molecular flexibility index (Phi) is 2.70. The van der Waals surface area contributed by atoms with Crippen LogP contribution < -0.4 is 4.74 Å². The zero-order chi connectivity index (χ0) is 10.8. The highest BCUT2D eigenvalue weighted by Crippen LogP contribution is 2.38. The van der Waals surface area contributed by atoms with E-state index in [2.05, 4.69) is 0 Å². The third kappa shape index (κ3) is 2.34. The summed E-state index contributed by atoms with van der Waals surface area (Å²) in [4.78, 5) is 10.7. The van der Waals surface area contributed by atoms with Crippen LogP contribution in [0.25, 0.3) is 0 Å². The van der Waals surface area contributed by atoms with Gasteiger partial charge in [-0.25, -0.2) is 0 Å². The van der Waals surface area contributed by atoms with Crippen molar-refractivity contribution in [3.05, 3.63) is 29.8 Å². The maximum atomic E-state index is 10.7. The van der Waals surface area contributed by atoms with Crippen molar-refractivity contribution < 1.29 is 19.4 Å². The molecule has 0 aliphatic carbocycles. The molecule has 1 aromatic carbocycles. The fourth-order valence-electron chi connectivity index (χ4n) is 1.47. The van der Waals surface area contributed by atoms with Crippen LogP contribution >= 0.6 is 0 Å². The molecule has 0 amide bonds. The topological polar surface area (TPSA) is 59.1 Å². The van der Waals surface area contributed by atoms with E-state index in [-0.39, 0.29) is 24.8 Å². The zero-order valence-corrected chi connectivity index (χ0v) is 8.34. The molecule has 1 heterocycles. The highest BCUT2D eigenvalue weighted by molar-refractivity contribution is 5.69. The standard InChI is InChI=1S/C11H12O4/c1-7(13)14-9-4-2-8(3-5-9)11-10(6-12)15-11/h2-5,10-12H,6H2,1H3/t10-,11+/m0/s1. The Labute approximate surface area is 87.4 Å². The summed E-state index contributed by atoms with van der Waals surface area (Å²) in [5.74, 6) is 0.186. The Bertz CT molecular complexity index is 357. The lowest BCUT2D eigenvalue weighted by Crippen LogP contribution is -2.01. The summed E-state index contributed by atoms with van der Waals surface area (Å²) in [6.07, 6.45) is -0.0917. The summed E-state index contributed by atoms with van der Waals surface area (Å²) < 4.78 is 10.1. The fourth-order valence-corrected chi connectivity index (χ4v) is 1.47. The molecule has 2 atom stereocenters. The lowest BCUT2D eigenvalue weighted by atomic mass is 10.1. The van der Waals surface area contributed by atoms with Crippen LogP contribution in [-0.4, -0.2) is 23.8 Å². The van der Waals surface area contributed by atoms with Gasteiger partial charge < -0.3 is 14.6 Å². The minimum absolute atomic E-state index is 0.0126. The van der Waals surface area contributed by atoms with E-state index >= 15 is 0 Å². The molecule has 0 radical (unpaired) electrons. The van der Waals surface area contributed by atoms with Gasteiger partial charge in [-0.2, -0.15) is 0 Å². The first kappa shape index (κ1) is 10.1. The van der Waals surface area contributed by atoms with Crippen LogP contribution in [0.1, 0.15) is 18.6 Å². The van der Waals surface area contributed by atoms with Crippen LogP contribution in [0.15, 0.2) is 24.3 Å². The number of epoxide rings is 1. The van der Waals surface area contributed by atoms with Gasteiger partial charge in [0.05, 0.1) is 6.61 Å². The van der Waals surface area contributed by atoms with Crippen LogP contribution in [0, 0.1) is 0 Å². The maximum Gasteiger partial charge on any atom is 0.308 e. The Morgan fingerprint density at radius 3 is 2.60 bits per heavy atom. The molecule has 2 rings (SSSR count). The van der Waals surface area contributed by atoms with Gasteiger partial charge in [0.25, 0.3) is 0 Å². The minimum Gasteiger partial charge on any atom is -0.427 e. The van der Waals surface area contributed by atoms with E-state index in [9.17, 15) is 4.79 Å². The molecule has 1 aliphatic rings. The van der Waals surface area contributed by atoms with Gasteiger partial charge in [0.2, 0.25) is 0 Å². The van der Waals surface area contributed by atoms with E-state index in [4.69, 9.17) is 14.6 Å². The predicted octanol–water partition coefficient (Wildman–Crippen LogP) is 1.04. The smallest absolute Gasteiger partial charge is 0.308 e. The summed E-state index contributed by atoms with van der Waals surface area (Å²) in [6.45, 7) is 1.40. The van der Waals surface area contributed by atoms with Gasteiger partial charge in [-0.3, -0.25) is 4.79 Å². The number of hydrogen-bond donors (Lipinski definition) is 1. The Morgan fingerprint density at radius 1 is 1.47 bits per heavy atom. The van der Waals surface area contributed by atoms with Gasteiger partial charge in [-0.15, -0.1) is 0 Å². The van der Waals surface area contributed by atoms with Crippen molar-refractivity contribution in [1.82, 2.24) is 0 Å². The van der Waals surface area contributed by atoms with E-state index in [0.717, 1.165) is 5.56 Å². The van der Waals surface area contributed by atoms with Crippen molar-refractivity contribution in [3.8, 4) is 5.75 Å². The largest absolute Gasteiger partial charge is 0.427 e. The minimum atomic E-state index is -0.335. The van der Waals surface area contributed by atoms with Gasteiger partial charge in [0.1, 0.15) is 18.0 Å². The van der Waals surface area contributed by atoms with E-state index < -0.39 is 0 Å². The average Bonchev–Trinajstić information content (AvgIpc) is 2.97. The predicted molar refractivity (Wildman–Crippen MR) is 52.5 cm³/mol. The fraction of sp³-hybridized carbons (Fsp3) is 0.364. The first-order chi connectivity index (χ1) is 7.20. The normalized spacial score (nSPS) is 23.6. The number of aliphatic hydroxyl groups excluding tert-OH is 1. The first-order valence-electron chi connectivity index (χ1n) is 4.75. The number of carbonyl (C=O) groups excluding carboxylic acids is 1. The summed E-state index contributed by atoms with van der Waals surface area (Å²) in [6, 6.07) is 7.09. The van der Waals surface area contributed by atoms with Crippen molar-refractivity contribution in [1.29, 1.82) is 0 Å². The number of esters is 1. The van der Waals surface area contributed by atoms with Crippen LogP contribution in [-0.2, 0) is 9.53 Å². The van der Waals surface area contributed by atoms with Gasteiger partial charge in [0, 0.05) is 6.92 Å². The van der Waals surface area contributed by atoms with E-state index in [1.807, 2.05) is 12.1 Å². The summed E-state index contributed by atoms with van der Waals surface area (Å²) >= 11 is 0. The van der Waals surface area contributed by atoms with Gasteiger partial charge in [-0.1, -0.05) is 12.1 Å². The number of benzene rings is 1. The van der Waals surface area contributed by atoms with E-state index in [1.165, 1.54) is 6.92 Å².